The summed E-state index contributed by atoms with van der Waals surface area (Å²) in [5, 5.41) is 9.91. The van der Waals surface area contributed by atoms with Crippen molar-refractivity contribution >= 4 is 23.4 Å². The fraction of sp³-hybridized carbons (Fsp3) is 0.0625. The Morgan fingerprint density at radius 3 is 2.71 bits per heavy atom. The molecule has 1 N–H and O–H groups in total. The molecule has 2 aromatic carbocycles. The summed E-state index contributed by atoms with van der Waals surface area (Å²) in [5.41, 5.74) is 0.913. The van der Waals surface area contributed by atoms with Gasteiger partial charge in [0.2, 0.25) is 5.89 Å². The van der Waals surface area contributed by atoms with Crippen molar-refractivity contribution in [3.05, 3.63) is 65.6 Å². The van der Waals surface area contributed by atoms with E-state index < -0.39 is 0 Å². The predicted octanol–water partition coefficient (Wildman–Crippen LogP) is 4.99. The van der Waals surface area contributed by atoms with Crippen LogP contribution in [0.25, 0.3) is 11.3 Å². The predicted molar refractivity (Wildman–Crippen MR) is 84.6 cm³/mol. The van der Waals surface area contributed by atoms with Crippen molar-refractivity contribution in [2.24, 2.45) is 0 Å². The second-order valence-electron chi connectivity index (χ2n) is 4.41. The van der Waals surface area contributed by atoms with Crippen molar-refractivity contribution in [1.82, 2.24) is 4.98 Å². The van der Waals surface area contributed by atoms with E-state index in [4.69, 9.17) is 16.0 Å². The van der Waals surface area contributed by atoms with E-state index in [1.807, 2.05) is 36.4 Å². The lowest BCUT2D eigenvalue weighted by Gasteiger charge is -1.99. The van der Waals surface area contributed by atoms with Crippen LogP contribution in [0.1, 0.15) is 5.89 Å². The Hall–Kier alpha value is -1.91. The monoisotopic (exact) mass is 317 g/mol. The SMILES string of the molecule is Oc1ccc(SCc2ncc(-c3cccc(Cl)c3)o2)cc1. The molecule has 0 aliphatic rings. The maximum absolute atomic E-state index is 9.24. The first-order valence-electron chi connectivity index (χ1n) is 6.33. The minimum Gasteiger partial charge on any atom is -0.508 e. The maximum atomic E-state index is 9.24. The van der Waals surface area contributed by atoms with Gasteiger partial charge >= 0.3 is 0 Å². The number of hydrogen-bond donors (Lipinski definition) is 1. The number of thioether (sulfide) groups is 1. The van der Waals surface area contributed by atoms with E-state index >= 15 is 0 Å². The summed E-state index contributed by atoms with van der Waals surface area (Å²) < 4.78 is 5.73. The van der Waals surface area contributed by atoms with E-state index in [-0.39, 0.29) is 5.75 Å². The van der Waals surface area contributed by atoms with Crippen molar-refractivity contribution in [3.8, 4) is 17.1 Å². The zero-order valence-electron chi connectivity index (χ0n) is 11.0. The van der Waals surface area contributed by atoms with Gasteiger partial charge in [-0.15, -0.1) is 11.8 Å². The van der Waals surface area contributed by atoms with Crippen molar-refractivity contribution in [2.75, 3.05) is 0 Å². The van der Waals surface area contributed by atoms with Crippen LogP contribution < -0.4 is 0 Å². The molecule has 0 fully saturated rings. The number of phenolic OH excluding ortho intramolecular Hbond substituents is 1. The van der Waals surface area contributed by atoms with Crippen LogP contribution in [0, 0.1) is 0 Å². The second-order valence-corrected chi connectivity index (χ2v) is 5.90. The number of aromatic hydroxyl groups is 1. The van der Waals surface area contributed by atoms with Crippen LogP contribution in [-0.2, 0) is 5.75 Å². The third kappa shape index (κ3) is 3.60. The van der Waals surface area contributed by atoms with Gasteiger partial charge in [-0.25, -0.2) is 4.98 Å². The minimum atomic E-state index is 0.263. The van der Waals surface area contributed by atoms with Crippen LogP contribution in [-0.4, -0.2) is 10.1 Å². The highest BCUT2D eigenvalue weighted by Crippen LogP contribution is 2.27. The zero-order valence-corrected chi connectivity index (χ0v) is 12.6. The molecular weight excluding hydrogens is 306 g/mol. The van der Waals surface area contributed by atoms with Crippen molar-refractivity contribution in [3.63, 3.8) is 0 Å². The van der Waals surface area contributed by atoms with Gasteiger partial charge in [-0.2, -0.15) is 0 Å². The van der Waals surface area contributed by atoms with Crippen LogP contribution in [0.3, 0.4) is 0 Å². The molecular formula is C16H12ClNO2S. The van der Waals surface area contributed by atoms with Gasteiger partial charge in [-0.3, -0.25) is 0 Å². The molecule has 0 aliphatic carbocycles. The molecule has 0 amide bonds. The normalized spacial score (nSPS) is 10.7. The van der Waals surface area contributed by atoms with Gasteiger partial charge in [0.15, 0.2) is 5.76 Å². The van der Waals surface area contributed by atoms with Crippen LogP contribution in [0.2, 0.25) is 5.02 Å². The fourth-order valence-corrected chi connectivity index (χ4v) is 2.78. The number of halogens is 1. The smallest absolute Gasteiger partial charge is 0.205 e. The number of hydrogen-bond acceptors (Lipinski definition) is 4. The van der Waals surface area contributed by atoms with Gasteiger partial charge in [0.1, 0.15) is 5.75 Å². The van der Waals surface area contributed by atoms with Gasteiger partial charge in [-0.05, 0) is 36.4 Å². The Labute approximate surface area is 131 Å². The first-order chi connectivity index (χ1) is 10.2. The summed E-state index contributed by atoms with van der Waals surface area (Å²) in [7, 11) is 0. The standard InChI is InChI=1S/C16H12ClNO2S/c17-12-3-1-2-11(8-12)15-9-18-16(20-15)10-21-14-6-4-13(19)5-7-14/h1-9,19H,10H2. The number of phenols is 1. The molecule has 0 saturated carbocycles. The first kappa shape index (κ1) is 14.0. The lowest BCUT2D eigenvalue weighted by Crippen LogP contribution is -1.79. The number of benzene rings is 2. The number of rotatable bonds is 4. The molecule has 3 aromatic rings. The van der Waals surface area contributed by atoms with Crippen LogP contribution in [0.5, 0.6) is 5.75 Å². The topological polar surface area (TPSA) is 46.3 Å². The third-order valence-corrected chi connectivity index (χ3v) is 4.09. The molecule has 0 radical (unpaired) electrons. The molecule has 1 heterocycles. The largest absolute Gasteiger partial charge is 0.508 e. The molecule has 0 bridgehead atoms. The second kappa shape index (κ2) is 6.24. The van der Waals surface area contributed by atoms with Gasteiger partial charge in [-0.1, -0.05) is 23.7 Å². The van der Waals surface area contributed by atoms with E-state index in [0.717, 1.165) is 10.5 Å². The molecule has 106 valence electrons. The van der Waals surface area contributed by atoms with Crippen LogP contribution in [0.15, 0.2) is 64.0 Å². The van der Waals surface area contributed by atoms with Crippen LogP contribution >= 0.6 is 23.4 Å². The van der Waals surface area contributed by atoms with E-state index in [1.54, 1.807) is 30.1 Å². The summed E-state index contributed by atoms with van der Waals surface area (Å²) in [4.78, 5) is 5.33. The third-order valence-electron chi connectivity index (χ3n) is 2.86. The lowest BCUT2D eigenvalue weighted by molar-refractivity contribution is 0.475. The van der Waals surface area contributed by atoms with Gasteiger partial charge in [0.05, 0.1) is 11.9 Å². The molecule has 21 heavy (non-hydrogen) atoms. The summed E-state index contributed by atoms with van der Waals surface area (Å²) in [5.74, 6) is 2.26. The van der Waals surface area contributed by atoms with E-state index in [0.29, 0.717) is 22.4 Å². The van der Waals surface area contributed by atoms with E-state index in [2.05, 4.69) is 4.98 Å². The van der Waals surface area contributed by atoms with Crippen molar-refractivity contribution in [2.45, 2.75) is 10.6 Å². The number of nitrogens with zero attached hydrogens (tertiary/aromatic N) is 1. The van der Waals surface area contributed by atoms with Gasteiger partial charge in [0.25, 0.3) is 0 Å². The Balaban J connectivity index is 1.69. The lowest BCUT2D eigenvalue weighted by atomic mass is 10.2. The summed E-state index contributed by atoms with van der Waals surface area (Å²) in [6, 6.07) is 14.5. The molecule has 0 spiro atoms. The molecule has 1 aromatic heterocycles. The molecule has 3 nitrogen and oxygen atoms in total. The average molecular weight is 318 g/mol. The summed E-state index contributed by atoms with van der Waals surface area (Å²) in [6.07, 6.45) is 1.71. The Bertz CT molecular complexity index is 740. The highest BCUT2D eigenvalue weighted by Gasteiger charge is 2.07. The Kier molecular flexibility index (Phi) is 4.18. The van der Waals surface area contributed by atoms with Gasteiger partial charge < -0.3 is 9.52 Å². The Morgan fingerprint density at radius 1 is 1.14 bits per heavy atom. The van der Waals surface area contributed by atoms with Crippen molar-refractivity contribution in [1.29, 1.82) is 0 Å². The molecule has 0 saturated heterocycles. The maximum Gasteiger partial charge on any atom is 0.205 e. The highest BCUT2D eigenvalue weighted by atomic mass is 35.5. The zero-order chi connectivity index (χ0) is 14.7. The molecule has 5 heteroatoms. The highest BCUT2D eigenvalue weighted by molar-refractivity contribution is 7.98. The summed E-state index contributed by atoms with van der Waals surface area (Å²) >= 11 is 7.57. The molecule has 0 atom stereocenters. The van der Waals surface area contributed by atoms with Crippen molar-refractivity contribution < 1.29 is 9.52 Å². The minimum absolute atomic E-state index is 0.263. The Morgan fingerprint density at radius 2 is 1.95 bits per heavy atom. The van der Waals surface area contributed by atoms with E-state index in [9.17, 15) is 5.11 Å². The average Bonchev–Trinajstić information content (AvgIpc) is 2.96. The quantitative estimate of drug-likeness (QED) is 0.688. The molecule has 0 unspecified atom stereocenters. The van der Waals surface area contributed by atoms with Crippen LogP contribution in [0.4, 0.5) is 0 Å². The van der Waals surface area contributed by atoms with Gasteiger partial charge in [0, 0.05) is 15.5 Å². The van der Waals surface area contributed by atoms with E-state index in [1.165, 1.54) is 0 Å². The molecule has 3 rings (SSSR count). The fourth-order valence-electron chi connectivity index (χ4n) is 1.84. The number of oxazole rings is 1. The molecule has 0 aliphatic heterocycles. The first-order valence-corrected chi connectivity index (χ1v) is 7.69. The number of aromatic nitrogens is 1. The summed E-state index contributed by atoms with van der Waals surface area (Å²) in [6.45, 7) is 0.